The lowest BCUT2D eigenvalue weighted by Crippen LogP contribution is -2.25. The van der Waals surface area contributed by atoms with Crippen molar-refractivity contribution in [1.29, 1.82) is 0 Å². The van der Waals surface area contributed by atoms with Gasteiger partial charge in [-0.3, -0.25) is 14.4 Å². The molecule has 1 amide bonds. The number of hydrogen-bond acceptors (Lipinski definition) is 7. The number of carbonyl (C=O) groups is 1. The van der Waals surface area contributed by atoms with Crippen molar-refractivity contribution in [3.05, 3.63) is 92.1 Å². The van der Waals surface area contributed by atoms with Crippen LogP contribution in [0.5, 0.6) is 0 Å². The minimum Gasteiger partial charge on any atom is -0.345 e. The van der Waals surface area contributed by atoms with Gasteiger partial charge < -0.3 is 11.1 Å². The van der Waals surface area contributed by atoms with E-state index in [0.29, 0.717) is 22.2 Å². The molecule has 4 aromatic rings. The molecule has 200 valence electrons. The lowest BCUT2D eigenvalue weighted by atomic mass is 9.99. The Morgan fingerprint density at radius 2 is 1.80 bits per heavy atom. The van der Waals surface area contributed by atoms with Crippen LogP contribution in [0.25, 0.3) is 5.00 Å². The molecule has 0 saturated heterocycles. The monoisotopic (exact) mass is 567 g/mol. The highest BCUT2D eigenvalue weighted by atomic mass is 35.5. The third-order valence-electron chi connectivity index (χ3n) is 6.39. The molecule has 1 atom stereocenters. The molecular weight excluding hydrogens is 542 g/mol. The maximum atomic E-state index is 13.1. The van der Waals surface area contributed by atoms with E-state index in [0.717, 1.165) is 33.2 Å². The molecule has 8 nitrogen and oxygen atoms in total. The molecule has 1 aliphatic heterocycles. The van der Waals surface area contributed by atoms with Crippen LogP contribution in [-0.2, 0) is 4.79 Å². The number of amides is 1. The molecule has 0 bridgehead atoms. The van der Waals surface area contributed by atoms with Crippen LogP contribution in [0, 0.1) is 44.5 Å². The standard InChI is InChI=1S/C30H26ClN7OS/c1-18-19(2)40-30-27(18)28(21-11-13-22(31)14-12-21)35-25(29-37-36-20(3)38(29)30)17-26(39)33-16-6-10-24-8-4-7-23(34-24)9-5-15-32/h4,7-8,11-14,25H,15-17,32H2,1-3H3,(H,33,39)/t25-/m0/s1. The maximum absolute atomic E-state index is 13.1. The Balaban J connectivity index is 1.41. The highest BCUT2D eigenvalue weighted by Crippen LogP contribution is 2.39. The summed E-state index contributed by atoms with van der Waals surface area (Å²) in [6, 6.07) is 12.5. The number of aliphatic imine (C=N–C) groups is 1. The van der Waals surface area contributed by atoms with Gasteiger partial charge in [-0.2, -0.15) is 0 Å². The molecule has 0 aliphatic carbocycles. The van der Waals surface area contributed by atoms with Gasteiger partial charge in [-0.1, -0.05) is 41.6 Å². The molecule has 3 N–H and O–H groups in total. The average Bonchev–Trinajstić information content (AvgIpc) is 3.42. The first kappa shape index (κ1) is 27.3. The van der Waals surface area contributed by atoms with Crippen LogP contribution in [-0.4, -0.2) is 44.5 Å². The topological polar surface area (TPSA) is 111 Å². The second kappa shape index (κ2) is 11.8. The summed E-state index contributed by atoms with van der Waals surface area (Å²) < 4.78 is 2.02. The van der Waals surface area contributed by atoms with E-state index in [-0.39, 0.29) is 25.4 Å². The molecule has 40 heavy (non-hydrogen) atoms. The molecule has 3 aromatic heterocycles. The number of fused-ring (bicyclic) bond motifs is 3. The van der Waals surface area contributed by atoms with Crippen LogP contribution in [0.2, 0.25) is 5.02 Å². The van der Waals surface area contributed by atoms with Gasteiger partial charge in [0.2, 0.25) is 5.91 Å². The SMILES string of the molecule is Cc1sc2c(c1C)C(c1ccc(Cl)cc1)=N[C@@H](CC(=O)NCC#Cc1cccc(C#CCN)n1)c1nnc(C)n1-2. The minimum atomic E-state index is -0.543. The summed E-state index contributed by atoms with van der Waals surface area (Å²) >= 11 is 7.85. The number of benzene rings is 1. The Hall–Kier alpha value is -4.28. The molecule has 0 saturated carbocycles. The van der Waals surface area contributed by atoms with Crippen LogP contribution >= 0.6 is 22.9 Å². The van der Waals surface area contributed by atoms with Gasteiger partial charge >= 0.3 is 0 Å². The van der Waals surface area contributed by atoms with Crippen molar-refractivity contribution in [1.82, 2.24) is 25.1 Å². The van der Waals surface area contributed by atoms with Crippen molar-refractivity contribution >= 4 is 34.6 Å². The predicted molar refractivity (Wildman–Crippen MR) is 158 cm³/mol. The smallest absolute Gasteiger partial charge is 0.223 e. The highest BCUT2D eigenvalue weighted by molar-refractivity contribution is 7.15. The fraction of sp³-hybridized carbons (Fsp3) is 0.233. The van der Waals surface area contributed by atoms with Crippen molar-refractivity contribution in [3.63, 3.8) is 0 Å². The number of aryl methyl sites for hydroxylation is 2. The Labute approximate surface area is 241 Å². The van der Waals surface area contributed by atoms with Gasteiger partial charge in [-0.15, -0.1) is 21.5 Å². The van der Waals surface area contributed by atoms with E-state index < -0.39 is 6.04 Å². The van der Waals surface area contributed by atoms with Crippen molar-refractivity contribution in [2.24, 2.45) is 10.7 Å². The number of halogens is 1. The van der Waals surface area contributed by atoms with Crippen LogP contribution in [0.4, 0.5) is 0 Å². The summed E-state index contributed by atoms with van der Waals surface area (Å²) in [5.74, 6) is 12.8. The number of thiophene rings is 1. The number of aromatic nitrogens is 4. The number of pyridine rings is 1. The lowest BCUT2D eigenvalue weighted by molar-refractivity contribution is -0.121. The molecular formula is C30H26ClN7OS. The van der Waals surface area contributed by atoms with Crippen molar-refractivity contribution in [3.8, 4) is 28.7 Å². The Morgan fingerprint density at radius 1 is 1.07 bits per heavy atom. The molecule has 5 rings (SSSR count). The number of hydrogen-bond donors (Lipinski definition) is 2. The van der Waals surface area contributed by atoms with Gasteiger partial charge in [-0.25, -0.2) is 4.98 Å². The number of nitrogens with zero attached hydrogens (tertiary/aromatic N) is 5. The van der Waals surface area contributed by atoms with Crippen molar-refractivity contribution in [2.45, 2.75) is 33.2 Å². The number of rotatable bonds is 4. The summed E-state index contributed by atoms with van der Waals surface area (Å²) in [5, 5.41) is 13.3. The Bertz CT molecular complexity index is 1750. The summed E-state index contributed by atoms with van der Waals surface area (Å²) in [6.07, 6.45) is 0.0896. The normalized spacial score (nSPS) is 13.5. The zero-order valence-corrected chi connectivity index (χ0v) is 23.8. The Morgan fingerprint density at radius 3 is 2.52 bits per heavy atom. The molecule has 0 unspecified atom stereocenters. The van der Waals surface area contributed by atoms with E-state index >= 15 is 0 Å². The van der Waals surface area contributed by atoms with Crippen molar-refractivity contribution < 1.29 is 4.79 Å². The lowest BCUT2D eigenvalue weighted by Gasteiger charge is -2.12. The fourth-order valence-electron chi connectivity index (χ4n) is 4.37. The summed E-state index contributed by atoms with van der Waals surface area (Å²) in [5.41, 5.74) is 10.5. The van der Waals surface area contributed by atoms with E-state index in [9.17, 15) is 4.79 Å². The van der Waals surface area contributed by atoms with E-state index in [1.165, 1.54) is 4.88 Å². The summed E-state index contributed by atoms with van der Waals surface area (Å²) in [6.45, 7) is 6.53. The summed E-state index contributed by atoms with van der Waals surface area (Å²) in [7, 11) is 0. The molecule has 0 spiro atoms. The Kier molecular flexibility index (Phi) is 8.09. The van der Waals surface area contributed by atoms with Gasteiger partial charge in [0, 0.05) is 21.0 Å². The van der Waals surface area contributed by atoms with Crippen LogP contribution in [0.1, 0.15) is 57.1 Å². The van der Waals surface area contributed by atoms with Gasteiger partial charge in [0.25, 0.3) is 0 Å². The average molecular weight is 568 g/mol. The molecule has 0 fully saturated rings. The highest BCUT2D eigenvalue weighted by Gasteiger charge is 2.32. The van der Waals surface area contributed by atoms with Crippen molar-refractivity contribution in [2.75, 3.05) is 13.1 Å². The van der Waals surface area contributed by atoms with E-state index in [4.69, 9.17) is 22.3 Å². The van der Waals surface area contributed by atoms with Gasteiger partial charge in [0.15, 0.2) is 5.82 Å². The van der Waals surface area contributed by atoms with Crippen LogP contribution in [0.15, 0.2) is 47.5 Å². The third kappa shape index (κ3) is 5.68. The second-order valence-electron chi connectivity index (χ2n) is 9.10. The number of carbonyl (C=O) groups excluding carboxylic acids is 1. The maximum Gasteiger partial charge on any atom is 0.223 e. The van der Waals surface area contributed by atoms with E-state index in [1.807, 2.05) is 41.8 Å². The number of nitrogens with two attached hydrogens (primary N) is 1. The largest absolute Gasteiger partial charge is 0.345 e. The molecule has 1 aromatic carbocycles. The van der Waals surface area contributed by atoms with E-state index in [1.54, 1.807) is 23.5 Å². The van der Waals surface area contributed by atoms with Gasteiger partial charge in [-0.05, 0) is 62.4 Å². The predicted octanol–water partition coefficient (Wildman–Crippen LogP) is 4.06. The summed E-state index contributed by atoms with van der Waals surface area (Å²) in [4.78, 5) is 23.8. The first-order chi connectivity index (χ1) is 19.4. The fourth-order valence-corrected chi connectivity index (χ4v) is 5.71. The minimum absolute atomic E-state index is 0.0896. The van der Waals surface area contributed by atoms with Crippen LogP contribution < -0.4 is 11.1 Å². The zero-order valence-electron chi connectivity index (χ0n) is 22.2. The second-order valence-corrected chi connectivity index (χ2v) is 10.7. The third-order valence-corrected chi connectivity index (χ3v) is 7.84. The first-order valence-corrected chi connectivity index (χ1v) is 13.8. The molecule has 0 radical (unpaired) electrons. The van der Waals surface area contributed by atoms with E-state index in [2.05, 4.69) is 58.0 Å². The molecule has 1 aliphatic rings. The van der Waals surface area contributed by atoms with Crippen LogP contribution in [0.3, 0.4) is 0 Å². The zero-order chi connectivity index (χ0) is 28.2. The molecule has 10 heteroatoms. The van der Waals surface area contributed by atoms with Gasteiger partial charge in [0.05, 0.1) is 25.2 Å². The first-order valence-electron chi connectivity index (χ1n) is 12.6. The molecule has 4 heterocycles. The quantitative estimate of drug-likeness (QED) is 0.361. The number of nitrogens with one attached hydrogen (secondary N) is 1. The van der Waals surface area contributed by atoms with Gasteiger partial charge in [0.1, 0.15) is 28.3 Å².